The molecule has 14 heavy (non-hydrogen) atoms. The van der Waals surface area contributed by atoms with E-state index in [1.165, 1.54) is 17.3 Å². The molecule has 0 N–H and O–H groups in total. The van der Waals surface area contributed by atoms with Crippen LogP contribution in [0.2, 0.25) is 0 Å². The van der Waals surface area contributed by atoms with Crippen molar-refractivity contribution in [3.05, 3.63) is 35.4 Å². The third-order valence-corrected chi connectivity index (χ3v) is 2.63. The summed E-state index contributed by atoms with van der Waals surface area (Å²) in [5, 5.41) is 0.140. The molecule has 0 unspecified atom stereocenters. The molecular weight excluding hydrogens is 192 g/mol. The van der Waals surface area contributed by atoms with Gasteiger partial charge in [-0.15, -0.1) is 0 Å². The van der Waals surface area contributed by atoms with Crippen LogP contribution in [-0.4, -0.2) is 11.4 Å². The smallest absolute Gasteiger partial charge is 0.219 e. The van der Waals surface area contributed by atoms with Crippen molar-refractivity contribution in [3.63, 3.8) is 0 Å². The van der Waals surface area contributed by atoms with Gasteiger partial charge in [0.25, 0.3) is 0 Å². The highest BCUT2D eigenvalue weighted by Gasteiger charge is 2.03. The van der Waals surface area contributed by atoms with E-state index in [-0.39, 0.29) is 5.12 Å². The van der Waals surface area contributed by atoms with Gasteiger partial charge >= 0.3 is 0 Å². The van der Waals surface area contributed by atoms with E-state index >= 15 is 0 Å². The van der Waals surface area contributed by atoms with Crippen LogP contribution in [0.25, 0.3) is 0 Å². The zero-order chi connectivity index (χ0) is 10.6. The molecule has 0 bridgehead atoms. The second kappa shape index (κ2) is 5.20. The lowest BCUT2D eigenvalue weighted by molar-refractivity contribution is 0.108. The lowest BCUT2D eigenvalue weighted by Crippen LogP contribution is -1.96. The Bertz CT molecular complexity index is 301. The third-order valence-electron chi connectivity index (χ3n) is 2.02. The summed E-state index contributed by atoms with van der Waals surface area (Å²) < 4.78 is 0. The summed E-state index contributed by atoms with van der Waals surface area (Å²) in [4.78, 5) is 11.3. The molecule has 0 spiro atoms. The molecule has 0 saturated carbocycles. The third kappa shape index (κ3) is 3.18. The predicted molar refractivity (Wildman–Crippen MR) is 62.8 cm³/mol. The van der Waals surface area contributed by atoms with Gasteiger partial charge in [-0.3, -0.25) is 4.79 Å². The van der Waals surface area contributed by atoms with E-state index < -0.39 is 0 Å². The Labute approximate surface area is 89.9 Å². The van der Waals surface area contributed by atoms with Gasteiger partial charge in [0.2, 0.25) is 5.12 Å². The Balaban J connectivity index is 2.73. The monoisotopic (exact) mass is 208 g/mol. The molecule has 1 rings (SSSR count). The van der Waals surface area contributed by atoms with E-state index in [9.17, 15) is 4.79 Å². The fourth-order valence-corrected chi connectivity index (χ4v) is 1.74. The number of rotatable bonds is 3. The van der Waals surface area contributed by atoms with Crippen LogP contribution in [0.5, 0.6) is 0 Å². The Morgan fingerprint density at radius 3 is 2.29 bits per heavy atom. The first-order valence-electron chi connectivity index (χ1n) is 4.80. The number of benzene rings is 1. The first kappa shape index (κ1) is 11.3. The highest BCUT2D eigenvalue weighted by molar-refractivity contribution is 8.13. The number of hydrogen-bond donors (Lipinski definition) is 0. The van der Waals surface area contributed by atoms with Crippen LogP contribution in [0.3, 0.4) is 0 Å². The second-order valence-electron chi connectivity index (χ2n) is 3.79. The fourth-order valence-electron chi connectivity index (χ4n) is 1.37. The van der Waals surface area contributed by atoms with E-state index in [4.69, 9.17) is 0 Å². The Morgan fingerprint density at radius 2 is 1.86 bits per heavy atom. The summed E-state index contributed by atoms with van der Waals surface area (Å²) >= 11 is 1.26. The highest BCUT2D eigenvalue weighted by Crippen LogP contribution is 2.13. The van der Waals surface area contributed by atoms with Gasteiger partial charge in [0.05, 0.1) is 0 Å². The van der Waals surface area contributed by atoms with Gasteiger partial charge in [-0.05, 0) is 24.2 Å². The van der Waals surface area contributed by atoms with Gasteiger partial charge in [-0.1, -0.05) is 49.9 Å². The molecule has 0 radical (unpaired) electrons. The first-order chi connectivity index (χ1) is 6.63. The lowest BCUT2D eigenvalue weighted by Gasteiger charge is -2.05. The first-order valence-corrected chi connectivity index (χ1v) is 6.03. The maximum Gasteiger partial charge on any atom is 0.219 e. The molecule has 0 heterocycles. The van der Waals surface area contributed by atoms with Crippen LogP contribution in [0, 0.1) is 5.92 Å². The van der Waals surface area contributed by atoms with Crippen molar-refractivity contribution in [2.45, 2.75) is 20.3 Å². The van der Waals surface area contributed by atoms with Crippen molar-refractivity contribution >= 4 is 16.9 Å². The molecule has 0 aromatic heterocycles. The average Bonchev–Trinajstić information content (AvgIpc) is 2.17. The largest absolute Gasteiger partial charge is 0.282 e. The van der Waals surface area contributed by atoms with E-state index in [1.807, 2.05) is 30.5 Å². The van der Waals surface area contributed by atoms with Gasteiger partial charge in [0, 0.05) is 5.56 Å². The molecule has 1 nitrogen and oxygen atoms in total. The molecule has 0 fully saturated rings. The summed E-state index contributed by atoms with van der Waals surface area (Å²) in [5.41, 5.74) is 2.10. The highest BCUT2D eigenvalue weighted by atomic mass is 32.2. The van der Waals surface area contributed by atoms with Gasteiger partial charge < -0.3 is 0 Å². The number of carbonyl (C=O) groups is 1. The van der Waals surface area contributed by atoms with E-state index in [0.29, 0.717) is 5.92 Å². The second-order valence-corrected chi connectivity index (χ2v) is 4.57. The van der Waals surface area contributed by atoms with E-state index in [1.54, 1.807) is 0 Å². The van der Waals surface area contributed by atoms with Crippen molar-refractivity contribution < 1.29 is 4.79 Å². The Kier molecular flexibility index (Phi) is 4.21. The van der Waals surface area contributed by atoms with Crippen LogP contribution >= 0.6 is 11.8 Å². The Hall–Kier alpha value is -0.760. The average molecular weight is 208 g/mol. The summed E-state index contributed by atoms with van der Waals surface area (Å²) in [6.07, 6.45) is 2.89. The van der Waals surface area contributed by atoms with Gasteiger partial charge in [0.1, 0.15) is 0 Å². The van der Waals surface area contributed by atoms with Crippen LogP contribution in [-0.2, 0) is 6.42 Å². The molecule has 0 amide bonds. The van der Waals surface area contributed by atoms with Crippen molar-refractivity contribution in [1.29, 1.82) is 0 Å². The molecular formula is C12H16OS. The van der Waals surface area contributed by atoms with Gasteiger partial charge in [-0.2, -0.15) is 0 Å². The quantitative estimate of drug-likeness (QED) is 0.757. The topological polar surface area (TPSA) is 17.1 Å². The SMILES string of the molecule is CSC(=O)c1ccc(CC(C)C)cc1. The molecule has 0 aliphatic heterocycles. The normalized spacial score (nSPS) is 10.6. The molecule has 2 heteroatoms. The molecule has 0 aliphatic rings. The van der Waals surface area contributed by atoms with Crippen molar-refractivity contribution in [3.8, 4) is 0 Å². The molecule has 0 atom stereocenters. The van der Waals surface area contributed by atoms with Gasteiger partial charge in [0.15, 0.2) is 0 Å². The predicted octanol–water partition coefficient (Wildman–Crippen LogP) is 3.39. The molecule has 1 aromatic rings. The summed E-state index contributed by atoms with van der Waals surface area (Å²) in [6.45, 7) is 4.39. The van der Waals surface area contributed by atoms with E-state index in [2.05, 4.69) is 13.8 Å². The lowest BCUT2D eigenvalue weighted by atomic mass is 10.0. The number of carbonyl (C=O) groups excluding carboxylic acids is 1. The zero-order valence-corrected chi connectivity index (χ0v) is 9.73. The molecule has 0 aliphatic carbocycles. The molecule has 76 valence electrons. The minimum absolute atomic E-state index is 0.140. The van der Waals surface area contributed by atoms with Crippen molar-refractivity contribution in [1.82, 2.24) is 0 Å². The van der Waals surface area contributed by atoms with Crippen LogP contribution in [0.4, 0.5) is 0 Å². The van der Waals surface area contributed by atoms with Crippen LogP contribution in [0.15, 0.2) is 24.3 Å². The minimum atomic E-state index is 0.140. The van der Waals surface area contributed by atoms with Crippen molar-refractivity contribution in [2.24, 2.45) is 5.92 Å². The van der Waals surface area contributed by atoms with Gasteiger partial charge in [-0.25, -0.2) is 0 Å². The minimum Gasteiger partial charge on any atom is -0.282 e. The van der Waals surface area contributed by atoms with Crippen LogP contribution in [0.1, 0.15) is 29.8 Å². The van der Waals surface area contributed by atoms with Crippen LogP contribution < -0.4 is 0 Å². The molecule has 0 saturated heterocycles. The van der Waals surface area contributed by atoms with Crippen molar-refractivity contribution in [2.75, 3.05) is 6.26 Å². The summed E-state index contributed by atoms with van der Waals surface area (Å²) in [5.74, 6) is 0.664. The van der Waals surface area contributed by atoms with E-state index in [0.717, 1.165) is 12.0 Å². The maximum atomic E-state index is 11.3. The summed E-state index contributed by atoms with van der Waals surface area (Å²) in [6, 6.07) is 7.92. The Morgan fingerprint density at radius 1 is 1.29 bits per heavy atom. The fraction of sp³-hybridized carbons (Fsp3) is 0.417. The maximum absolute atomic E-state index is 11.3. The zero-order valence-electron chi connectivity index (χ0n) is 8.91. The summed E-state index contributed by atoms with van der Waals surface area (Å²) in [7, 11) is 0. The number of thioether (sulfide) groups is 1. The standard InChI is InChI=1S/C12H16OS/c1-9(2)8-10-4-6-11(7-5-10)12(13)14-3/h4-7,9H,8H2,1-3H3. The number of hydrogen-bond acceptors (Lipinski definition) is 2. The molecule has 1 aromatic carbocycles.